The molecule has 2 rings (SSSR count). The molecule has 0 fully saturated rings. The smallest absolute Gasteiger partial charge is 0.414 e. The quantitative estimate of drug-likeness (QED) is 0.705. The van der Waals surface area contributed by atoms with Gasteiger partial charge in [-0.2, -0.15) is 0 Å². The Morgan fingerprint density at radius 2 is 2.20 bits per heavy atom. The van der Waals surface area contributed by atoms with Gasteiger partial charge in [-0.05, 0) is 18.6 Å². The number of nitrogens with zero attached hydrogens (tertiary/aromatic N) is 1. The Balaban J connectivity index is 2.39. The lowest BCUT2D eigenvalue weighted by Gasteiger charge is -2.15. The van der Waals surface area contributed by atoms with E-state index in [2.05, 4.69) is 0 Å². The first kappa shape index (κ1) is 9.83. The van der Waals surface area contributed by atoms with Crippen LogP contribution in [0.5, 0.6) is 5.75 Å². The number of fused-ring (bicyclic) bond motifs is 1. The van der Waals surface area contributed by atoms with Crippen LogP contribution in [0.3, 0.4) is 0 Å². The maximum atomic E-state index is 11.4. The Morgan fingerprint density at radius 1 is 1.40 bits per heavy atom. The van der Waals surface area contributed by atoms with Gasteiger partial charge in [-0.1, -0.05) is 6.07 Å². The normalized spacial score (nSPS) is 13.6. The highest BCUT2D eigenvalue weighted by Gasteiger charge is 2.27. The number of amides is 1. The van der Waals surface area contributed by atoms with E-state index in [0.717, 1.165) is 23.4 Å². The molecule has 0 unspecified atom stereocenters. The summed E-state index contributed by atoms with van der Waals surface area (Å²) in [5, 5.41) is 0. The average Bonchev–Trinajstić information content (AvgIpc) is 2.71. The molecule has 0 radical (unpaired) electrons. The molecule has 0 bridgehead atoms. The molecular formula is C11H13NO3. The maximum absolute atomic E-state index is 11.4. The predicted octanol–water partition coefficient (Wildman–Crippen LogP) is 1.82. The van der Waals surface area contributed by atoms with E-state index in [4.69, 9.17) is 9.47 Å². The minimum Gasteiger partial charge on any atom is -0.496 e. The van der Waals surface area contributed by atoms with E-state index >= 15 is 0 Å². The standard InChI is InChI=1S/C11H13NO3/c1-14-10-5-3-4-9-8(10)6-7-12(9)11(13)15-2/h3-5H,6-7H2,1-2H3. The van der Waals surface area contributed by atoms with Crippen molar-refractivity contribution in [1.82, 2.24) is 0 Å². The maximum Gasteiger partial charge on any atom is 0.414 e. The fraction of sp³-hybridized carbons (Fsp3) is 0.364. The molecule has 0 spiro atoms. The number of carbonyl (C=O) groups excluding carboxylic acids is 1. The summed E-state index contributed by atoms with van der Waals surface area (Å²) in [6.07, 6.45) is 0.496. The summed E-state index contributed by atoms with van der Waals surface area (Å²) in [5.41, 5.74) is 1.96. The van der Waals surface area contributed by atoms with Gasteiger partial charge in [-0.15, -0.1) is 0 Å². The molecule has 4 heteroatoms. The van der Waals surface area contributed by atoms with Crippen molar-refractivity contribution in [1.29, 1.82) is 0 Å². The van der Waals surface area contributed by atoms with Crippen LogP contribution in [0.1, 0.15) is 5.56 Å². The van der Waals surface area contributed by atoms with E-state index in [1.165, 1.54) is 7.11 Å². The second kappa shape index (κ2) is 3.81. The average molecular weight is 207 g/mol. The zero-order chi connectivity index (χ0) is 10.8. The summed E-state index contributed by atoms with van der Waals surface area (Å²) < 4.78 is 9.95. The molecule has 1 aromatic carbocycles. The number of hydrogen-bond acceptors (Lipinski definition) is 3. The van der Waals surface area contributed by atoms with Crippen LogP contribution in [0, 0.1) is 0 Å². The van der Waals surface area contributed by atoms with Crippen molar-refractivity contribution < 1.29 is 14.3 Å². The summed E-state index contributed by atoms with van der Waals surface area (Å²) in [6.45, 7) is 0.655. The zero-order valence-electron chi connectivity index (χ0n) is 8.82. The third kappa shape index (κ3) is 1.52. The highest BCUT2D eigenvalue weighted by Crippen LogP contribution is 2.34. The van der Waals surface area contributed by atoms with Crippen molar-refractivity contribution in [2.75, 3.05) is 25.7 Å². The summed E-state index contributed by atoms with van der Waals surface area (Å²) in [6, 6.07) is 5.68. The molecule has 1 aromatic rings. The van der Waals surface area contributed by atoms with Crippen LogP contribution in [0.2, 0.25) is 0 Å². The highest BCUT2D eigenvalue weighted by atomic mass is 16.5. The molecule has 1 aliphatic heterocycles. The van der Waals surface area contributed by atoms with Gasteiger partial charge in [0.2, 0.25) is 0 Å². The molecule has 0 atom stereocenters. The van der Waals surface area contributed by atoms with Crippen molar-refractivity contribution in [2.45, 2.75) is 6.42 Å². The Kier molecular flexibility index (Phi) is 2.49. The Hall–Kier alpha value is -1.71. The fourth-order valence-electron chi connectivity index (χ4n) is 1.89. The second-order valence-electron chi connectivity index (χ2n) is 3.33. The van der Waals surface area contributed by atoms with Gasteiger partial charge in [-0.25, -0.2) is 4.79 Å². The van der Waals surface area contributed by atoms with Gasteiger partial charge in [0.05, 0.1) is 19.9 Å². The van der Waals surface area contributed by atoms with Crippen LogP contribution in [0.4, 0.5) is 10.5 Å². The predicted molar refractivity (Wildman–Crippen MR) is 56.4 cm³/mol. The van der Waals surface area contributed by atoms with Gasteiger partial charge < -0.3 is 9.47 Å². The lowest BCUT2D eigenvalue weighted by molar-refractivity contribution is 0.179. The van der Waals surface area contributed by atoms with Gasteiger partial charge in [0.15, 0.2) is 0 Å². The SMILES string of the molecule is COC(=O)N1CCc2c(OC)cccc21. The molecule has 0 aliphatic carbocycles. The zero-order valence-corrected chi connectivity index (χ0v) is 8.82. The van der Waals surface area contributed by atoms with Gasteiger partial charge in [-0.3, -0.25) is 4.90 Å². The Labute approximate surface area is 88.4 Å². The number of rotatable bonds is 1. The van der Waals surface area contributed by atoms with Crippen molar-refractivity contribution in [2.24, 2.45) is 0 Å². The van der Waals surface area contributed by atoms with Crippen molar-refractivity contribution in [3.05, 3.63) is 23.8 Å². The minimum absolute atomic E-state index is 0.318. The molecule has 1 aliphatic rings. The number of hydrogen-bond donors (Lipinski definition) is 0. The summed E-state index contributed by atoms with van der Waals surface area (Å²) in [5.74, 6) is 0.832. The van der Waals surface area contributed by atoms with E-state index in [9.17, 15) is 4.79 Å². The van der Waals surface area contributed by atoms with Crippen LogP contribution in [0.15, 0.2) is 18.2 Å². The number of anilines is 1. The second-order valence-corrected chi connectivity index (χ2v) is 3.33. The van der Waals surface area contributed by atoms with Crippen LogP contribution in [-0.2, 0) is 11.2 Å². The first-order valence-corrected chi connectivity index (χ1v) is 4.79. The highest BCUT2D eigenvalue weighted by molar-refractivity contribution is 5.90. The van der Waals surface area contributed by atoms with Gasteiger partial charge >= 0.3 is 6.09 Å². The molecule has 0 N–H and O–H groups in total. The van der Waals surface area contributed by atoms with Crippen LogP contribution >= 0.6 is 0 Å². The lowest BCUT2D eigenvalue weighted by Crippen LogP contribution is -2.28. The summed E-state index contributed by atoms with van der Waals surface area (Å²) in [7, 11) is 3.02. The molecule has 0 saturated heterocycles. The number of methoxy groups -OCH3 is 2. The van der Waals surface area contributed by atoms with Crippen molar-refractivity contribution in [3.63, 3.8) is 0 Å². The number of ether oxygens (including phenoxy) is 2. The number of benzene rings is 1. The van der Waals surface area contributed by atoms with E-state index < -0.39 is 0 Å². The third-order valence-corrected chi connectivity index (χ3v) is 2.60. The third-order valence-electron chi connectivity index (χ3n) is 2.60. The molecule has 1 heterocycles. The van der Waals surface area contributed by atoms with Crippen molar-refractivity contribution >= 4 is 11.8 Å². The van der Waals surface area contributed by atoms with Crippen molar-refractivity contribution in [3.8, 4) is 5.75 Å². The van der Waals surface area contributed by atoms with E-state index in [-0.39, 0.29) is 6.09 Å². The van der Waals surface area contributed by atoms with E-state index in [1.54, 1.807) is 12.0 Å². The molecule has 15 heavy (non-hydrogen) atoms. The molecular weight excluding hydrogens is 194 g/mol. The van der Waals surface area contributed by atoms with Gasteiger partial charge in [0, 0.05) is 12.1 Å². The topological polar surface area (TPSA) is 38.8 Å². The van der Waals surface area contributed by atoms with Gasteiger partial charge in [0.25, 0.3) is 0 Å². The minimum atomic E-state index is -0.318. The van der Waals surface area contributed by atoms with E-state index in [0.29, 0.717) is 6.54 Å². The van der Waals surface area contributed by atoms with Crippen LogP contribution < -0.4 is 9.64 Å². The monoisotopic (exact) mass is 207 g/mol. The molecule has 4 nitrogen and oxygen atoms in total. The molecule has 0 saturated carbocycles. The Morgan fingerprint density at radius 3 is 2.87 bits per heavy atom. The lowest BCUT2D eigenvalue weighted by atomic mass is 10.1. The van der Waals surface area contributed by atoms with Gasteiger partial charge in [0.1, 0.15) is 5.75 Å². The van der Waals surface area contributed by atoms with E-state index in [1.807, 2.05) is 18.2 Å². The molecule has 1 amide bonds. The molecule has 0 aromatic heterocycles. The van der Waals surface area contributed by atoms with Crippen LogP contribution in [-0.4, -0.2) is 26.9 Å². The largest absolute Gasteiger partial charge is 0.496 e. The molecule has 80 valence electrons. The number of carbonyl (C=O) groups is 1. The van der Waals surface area contributed by atoms with Crippen LogP contribution in [0.25, 0.3) is 0 Å². The fourth-order valence-corrected chi connectivity index (χ4v) is 1.89. The first-order chi connectivity index (χ1) is 7.27. The first-order valence-electron chi connectivity index (χ1n) is 4.79. The Bertz CT molecular complexity index is 389. The summed E-state index contributed by atoms with van der Waals surface area (Å²) >= 11 is 0. The summed E-state index contributed by atoms with van der Waals surface area (Å²) in [4.78, 5) is 13.1.